The van der Waals surface area contributed by atoms with E-state index in [9.17, 15) is 14.0 Å². The fourth-order valence-corrected chi connectivity index (χ4v) is 7.08. The molecule has 0 spiro atoms. The molecule has 4 nitrogen and oxygen atoms in total. The highest BCUT2D eigenvalue weighted by Gasteiger charge is 2.60. The van der Waals surface area contributed by atoms with Crippen molar-refractivity contribution in [3.63, 3.8) is 0 Å². The molecule has 0 heterocycles. The molecule has 5 rings (SSSR count). The van der Waals surface area contributed by atoms with Crippen LogP contribution in [0.3, 0.4) is 0 Å². The number of benzene rings is 1. The third kappa shape index (κ3) is 3.38. The first-order valence-electron chi connectivity index (χ1n) is 8.88. The fraction of sp³-hybridized carbons (Fsp3) is 0.579. The zero-order valence-corrected chi connectivity index (χ0v) is 16.5. The average molecular weight is 445 g/mol. The van der Waals surface area contributed by atoms with Crippen molar-refractivity contribution in [3.05, 3.63) is 29.0 Å². The van der Waals surface area contributed by atoms with Gasteiger partial charge in [0.15, 0.2) is 6.61 Å². The van der Waals surface area contributed by atoms with Gasteiger partial charge in [-0.15, -0.1) is 0 Å². The number of carbonyl (C=O) groups is 2. The number of esters is 1. The van der Waals surface area contributed by atoms with Gasteiger partial charge in [-0.25, -0.2) is 4.39 Å². The van der Waals surface area contributed by atoms with E-state index in [-0.39, 0.29) is 21.9 Å². The first-order chi connectivity index (χ1) is 12.3. The van der Waals surface area contributed by atoms with Crippen LogP contribution in [0, 0.1) is 23.1 Å². The highest BCUT2D eigenvalue weighted by Crippen LogP contribution is 2.64. The van der Waals surface area contributed by atoms with Gasteiger partial charge in [0.2, 0.25) is 0 Å². The topological polar surface area (TPSA) is 55.4 Å². The Morgan fingerprint density at radius 1 is 1.27 bits per heavy atom. The summed E-state index contributed by atoms with van der Waals surface area (Å²) >= 11 is 9.57. The van der Waals surface area contributed by atoms with Gasteiger partial charge < -0.3 is 10.1 Å². The van der Waals surface area contributed by atoms with Gasteiger partial charge >= 0.3 is 5.97 Å². The van der Waals surface area contributed by atoms with Crippen LogP contribution in [0.15, 0.2) is 18.2 Å². The van der Waals surface area contributed by atoms with Crippen molar-refractivity contribution in [1.29, 1.82) is 0 Å². The molecule has 1 aromatic rings. The molecule has 4 bridgehead atoms. The standard InChI is InChI=1S/C19H20BrClFNO3/c20-19-7-11-3-12(8-19)6-18(5-11,10-19)17(25)26-9-16(24)23-13-1-2-15(22)14(21)4-13/h1-2,4,11-12H,3,5-10H2,(H,23,24). The van der Waals surface area contributed by atoms with Crippen molar-refractivity contribution >= 4 is 45.1 Å². The maximum Gasteiger partial charge on any atom is 0.312 e. The third-order valence-corrected chi connectivity index (χ3v) is 7.18. The molecule has 140 valence electrons. The highest BCUT2D eigenvalue weighted by molar-refractivity contribution is 9.10. The second kappa shape index (κ2) is 6.48. The second-order valence-corrected chi connectivity index (χ2v) is 10.2. The van der Waals surface area contributed by atoms with Crippen molar-refractivity contribution in [2.24, 2.45) is 17.3 Å². The number of amides is 1. The number of hydrogen-bond acceptors (Lipinski definition) is 3. The largest absolute Gasteiger partial charge is 0.455 e. The predicted molar refractivity (Wildman–Crippen MR) is 99.8 cm³/mol. The van der Waals surface area contributed by atoms with Crippen LogP contribution in [0.5, 0.6) is 0 Å². The average Bonchev–Trinajstić information content (AvgIpc) is 2.53. The number of anilines is 1. The fourth-order valence-electron chi connectivity index (χ4n) is 5.44. The minimum Gasteiger partial charge on any atom is -0.455 e. The lowest BCUT2D eigenvalue weighted by molar-refractivity contribution is -0.170. The Morgan fingerprint density at radius 3 is 2.58 bits per heavy atom. The Labute approximate surface area is 164 Å². The van der Waals surface area contributed by atoms with E-state index >= 15 is 0 Å². The van der Waals surface area contributed by atoms with Crippen molar-refractivity contribution in [1.82, 2.24) is 0 Å². The van der Waals surface area contributed by atoms with Crippen molar-refractivity contribution < 1.29 is 18.7 Å². The smallest absolute Gasteiger partial charge is 0.312 e. The molecule has 0 radical (unpaired) electrons. The Balaban J connectivity index is 1.36. The maximum absolute atomic E-state index is 13.2. The predicted octanol–water partition coefficient (Wildman–Crippen LogP) is 4.69. The minimum atomic E-state index is -0.554. The molecule has 7 heteroatoms. The molecule has 1 aromatic carbocycles. The zero-order valence-electron chi connectivity index (χ0n) is 14.2. The number of carbonyl (C=O) groups excluding carboxylic acids is 2. The lowest BCUT2D eigenvalue weighted by atomic mass is 9.49. The van der Waals surface area contributed by atoms with Crippen molar-refractivity contribution in [2.75, 3.05) is 11.9 Å². The lowest BCUT2D eigenvalue weighted by Crippen LogP contribution is -2.56. The second-order valence-electron chi connectivity index (χ2n) is 8.15. The van der Waals surface area contributed by atoms with E-state index in [1.807, 2.05) is 0 Å². The van der Waals surface area contributed by atoms with Gasteiger partial charge in [-0.2, -0.15) is 0 Å². The minimum absolute atomic E-state index is 0.0588. The summed E-state index contributed by atoms with van der Waals surface area (Å²) < 4.78 is 18.6. The van der Waals surface area contributed by atoms with E-state index in [0.717, 1.165) is 32.1 Å². The van der Waals surface area contributed by atoms with Crippen LogP contribution in [0.2, 0.25) is 5.02 Å². The summed E-state index contributed by atoms with van der Waals surface area (Å²) in [5.74, 6) is -0.139. The highest BCUT2D eigenvalue weighted by atomic mass is 79.9. The monoisotopic (exact) mass is 443 g/mol. The summed E-state index contributed by atoms with van der Waals surface area (Å²) in [7, 11) is 0. The summed E-state index contributed by atoms with van der Waals surface area (Å²) in [6.45, 7) is -0.347. The molecule has 4 aliphatic rings. The molecule has 0 aliphatic heterocycles. The van der Waals surface area contributed by atoms with Crippen molar-refractivity contribution in [3.8, 4) is 0 Å². The summed E-state index contributed by atoms with van der Waals surface area (Å²) in [6, 6.07) is 3.91. The molecule has 4 saturated carbocycles. The molecule has 0 saturated heterocycles. The van der Waals surface area contributed by atoms with Crippen LogP contribution in [0.25, 0.3) is 0 Å². The summed E-state index contributed by atoms with van der Waals surface area (Å²) in [5.41, 5.74) is -0.0841. The van der Waals surface area contributed by atoms with Crippen LogP contribution in [0.1, 0.15) is 38.5 Å². The number of alkyl halides is 1. The molecule has 1 amide bonds. The number of rotatable bonds is 4. The Kier molecular flexibility index (Phi) is 4.55. The van der Waals surface area contributed by atoms with Gasteiger partial charge in [-0.05, 0) is 68.6 Å². The molecular formula is C19H20BrClFNO3. The number of ether oxygens (including phenoxy) is 1. The van der Waals surface area contributed by atoms with Crippen LogP contribution < -0.4 is 5.32 Å². The molecule has 1 N–H and O–H groups in total. The van der Waals surface area contributed by atoms with E-state index < -0.39 is 17.1 Å². The van der Waals surface area contributed by atoms with Crippen LogP contribution >= 0.6 is 27.5 Å². The molecule has 4 fully saturated rings. The van der Waals surface area contributed by atoms with Gasteiger partial charge in [0.1, 0.15) is 5.82 Å². The Hall–Kier alpha value is -1.14. The zero-order chi connectivity index (χ0) is 18.5. The quantitative estimate of drug-likeness (QED) is 0.541. The van der Waals surface area contributed by atoms with Gasteiger partial charge in [-0.3, -0.25) is 9.59 Å². The SMILES string of the molecule is O=C(COC(=O)C12CC3CC(CC(Br)(C3)C1)C2)Nc1ccc(F)c(Cl)c1. The summed E-state index contributed by atoms with van der Waals surface area (Å²) in [6.07, 6.45) is 5.99. The Morgan fingerprint density at radius 2 is 1.96 bits per heavy atom. The molecule has 26 heavy (non-hydrogen) atoms. The van der Waals surface area contributed by atoms with Crippen molar-refractivity contribution in [2.45, 2.75) is 42.8 Å². The van der Waals surface area contributed by atoms with Crippen LogP contribution in [-0.2, 0) is 14.3 Å². The number of hydrogen-bond donors (Lipinski definition) is 1. The van der Waals surface area contributed by atoms with Crippen LogP contribution in [0.4, 0.5) is 10.1 Å². The van der Waals surface area contributed by atoms with E-state index in [4.69, 9.17) is 16.3 Å². The molecular weight excluding hydrogens is 425 g/mol. The normalized spacial score (nSPS) is 34.6. The molecule has 2 unspecified atom stereocenters. The summed E-state index contributed by atoms with van der Waals surface area (Å²) in [5, 5.41) is 2.50. The van der Waals surface area contributed by atoms with Crippen LogP contribution in [-0.4, -0.2) is 22.8 Å². The molecule has 4 aliphatic carbocycles. The first-order valence-corrected chi connectivity index (χ1v) is 10.1. The number of nitrogens with one attached hydrogen (secondary N) is 1. The first kappa shape index (κ1) is 18.2. The Bertz CT molecular complexity index is 757. The van der Waals surface area contributed by atoms with E-state index in [1.54, 1.807) is 0 Å². The maximum atomic E-state index is 13.2. The van der Waals surface area contributed by atoms with Gasteiger partial charge in [0.05, 0.1) is 10.4 Å². The van der Waals surface area contributed by atoms with E-state index in [2.05, 4.69) is 21.2 Å². The summed E-state index contributed by atoms with van der Waals surface area (Å²) in [4.78, 5) is 24.9. The molecule has 0 aromatic heterocycles. The van der Waals surface area contributed by atoms with Gasteiger partial charge in [0.25, 0.3) is 5.91 Å². The van der Waals surface area contributed by atoms with E-state index in [1.165, 1.54) is 24.6 Å². The van der Waals surface area contributed by atoms with E-state index in [0.29, 0.717) is 17.5 Å². The number of halogens is 3. The lowest BCUT2D eigenvalue weighted by Gasteiger charge is -2.58. The third-order valence-electron chi connectivity index (χ3n) is 5.96. The van der Waals surface area contributed by atoms with Gasteiger partial charge in [-0.1, -0.05) is 27.5 Å². The molecule has 2 atom stereocenters. The van der Waals surface area contributed by atoms with Gasteiger partial charge in [0, 0.05) is 10.0 Å².